The van der Waals surface area contributed by atoms with Gasteiger partial charge in [-0.2, -0.15) is 0 Å². The van der Waals surface area contributed by atoms with E-state index in [0.717, 1.165) is 5.56 Å². The van der Waals surface area contributed by atoms with Crippen molar-refractivity contribution in [3.63, 3.8) is 0 Å². The maximum Gasteiger partial charge on any atom is 0.271 e. The molecule has 15 heavy (non-hydrogen) atoms. The molecule has 1 heterocycles. The fourth-order valence-electron chi connectivity index (χ4n) is 1.01. The molecule has 0 aliphatic carbocycles. The van der Waals surface area contributed by atoms with Gasteiger partial charge in [-0.15, -0.1) is 0 Å². The SMILES string of the molecule is [N-]=[N+]=NCCC=Cc1c[nH]c(=O)c(N)c1. The molecule has 0 aliphatic rings. The van der Waals surface area contributed by atoms with Gasteiger partial charge >= 0.3 is 0 Å². The molecule has 0 radical (unpaired) electrons. The summed E-state index contributed by atoms with van der Waals surface area (Å²) >= 11 is 0. The monoisotopic (exact) mass is 205 g/mol. The van der Waals surface area contributed by atoms with Crippen LogP contribution in [0, 0.1) is 0 Å². The number of azide groups is 1. The number of nitrogens with two attached hydrogens (primary N) is 1. The third kappa shape index (κ3) is 3.58. The lowest BCUT2D eigenvalue weighted by molar-refractivity contribution is 0.995. The predicted molar refractivity (Wildman–Crippen MR) is 59.1 cm³/mol. The summed E-state index contributed by atoms with van der Waals surface area (Å²) in [6, 6.07) is 1.59. The van der Waals surface area contributed by atoms with Crippen LogP contribution in [0.2, 0.25) is 0 Å². The van der Waals surface area contributed by atoms with Crippen molar-refractivity contribution >= 4 is 11.8 Å². The van der Waals surface area contributed by atoms with Crippen LogP contribution < -0.4 is 11.3 Å². The lowest BCUT2D eigenvalue weighted by atomic mass is 10.2. The van der Waals surface area contributed by atoms with Crippen molar-refractivity contribution in [3.05, 3.63) is 44.7 Å². The number of rotatable bonds is 4. The lowest BCUT2D eigenvalue weighted by Gasteiger charge is -1.94. The zero-order valence-corrected chi connectivity index (χ0v) is 8.05. The molecule has 0 saturated heterocycles. The third-order valence-electron chi connectivity index (χ3n) is 1.72. The Morgan fingerprint density at radius 1 is 1.67 bits per heavy atom. The molecule has 1 aromatic rings. The van der Waals surface area contributed by atoms with E-state index in [0.29, 0.717) is 13.0 Å². The first-order chi connectivity index (χ1) is 7.24. The van der Waals surface area contributed by atoms with Crippen LogP contribution in [-0.4, -0.2) is 11.5 Å². The maximum absolute atomic E-state index is 10.9. The van der Waals surface area contributed by atoms with Crippen LogP contribution in [0.3, 0.4) is 0 Å². The first-order valence-corrected chi connectivity index (χ1v) is 4.39. The normalized spacial score (nSPS) is 10.1. The van der Waals surface area contributed by atoms with Gasteiger partial charge in [0.15, 0.2) is 0 Å². The molecule has 0 fully saturated rings. The minimum absolute atomic E-state index is 0.187. The van der Waals surface area contributed by atoms with Crippen molar-refractivity contribution in [2.24, 2.45) is 5.11 Å². The minimum atomic E-state index is -0.291. The summed E-state index contributed by atoms with van der Waals surface area (Å²) in [7, 11) is 0. The smallest absolute Gasteiger partial charge is 0.271 e. The van der Waals surface area contributed by atoms with Crippen LogP contribution in [0.5, 0.6) is 0 Å². The molecule has 1 rings (SSSR count). The van der Waals surface area contributed by atoms with Crippen molar-refractivity contribution < 1.29 is 0 Å². The summed E-state index contributed by atoms with van der Waals surface area (Å²) in [6.07, 6.45) is 5.88. The lowest BCUT2D eigenvalue weighted by Crippen LogP contribution is -2.10. The molecule has 0 spiro atoms. The molecule has 0 amide bonds. The van der Waals surface area contributed by atoms with E-state index < -0.39 is 0 Å². The highest BCUT2D eigenvalue weighted by atomic mass is 16.1. The van der Waals surface area contributed by atoms with Crippen LogP contribution in [0.15, 0.2) is 28.2 Å². The standard InChI is InChI=1S/C9H11N5O/c10-8-5-7(6-12-9(8)15)3-1-2-4-13-14-11/h1,3,5-6H,2,4,10H2,(H,12,15). The molecule has 0 aromatic carbocycles. The van der Waals surface area contributed by atoms with E-state index in [9.17, 15) is 4.79 Å². The number of nitrogen functional groups attached to an aromatic ring is 1. The average molecular weight is 205 g/mol. The summed E-state index contributed by atoms with van der Waals surface area (Å²) in [5.74, 6) is 0. The first kappa shape index (κ1) is 10.9. The average Bonchev–Trinajstić information content (AvgIpc) is 2.23. The number of aromatic amines is 1. The summed E-state index contributed by atoms with van der Waals surface area (Å²) in [5, 5.41) is 3.38. The van der Waals surface area contributed by atoms with Gasteiger partial charge in [0.1, 0.15) is 0 Å². The number of anilines is 1. The Balaban J connectivity index is 2.60. The second-order valence-corrected chi connectivity index (χ2v) is 2.86. The molecular weight excluding hydrogens is 194 g/mol. The van der Waals surface area contributed by atoms with E-state index in [1.807, 2.05) is 6.08 Å². The molecule has 6 nitrogen and oxygen atoms in total. The highest BCUT2D eigenvalue weighted by Gasteiger charge is 1.93. The van der Waals surface area contributed by atoms with E-state index in [4.69, 9.17) is 11.3 Å². The molecule has 6 heteroatoms. The predicted octanol–water partition coefficient (Wildman–Crippen LogP) is 1.67. The highest BCUT2D eigenvalue weighted by Crippen LogP contribution is 2.02. The van der Waals surface area contributed by atoms with E-state index in [-0.39, 0.29) is 11.2 Å². The van der Waals surface area contributed by atoms with Gasteiger partial charge < -0.3 is 10.7 Å². The molecule has 0 saturated carbocycles. The first-order valence-electron chi connectivity index (χ1n) is 4.39. The second kappa shape index (κ2) is 5.51. The topological polar surface area (TPSA) is 108 Å². The number of aromatic nitrogens is 1. The number of hydrogen-bond donors (Lipinski definition) is 2. The molecule has 0 atom stereocenters. The van der Waals surface area contributed by atoms with Crippen LogP contribution in [0.1, 0.15) is 12.0 Å². The van der Waals surface area contributed by atoms with Crippen LogP contribution in [0.25, 0.3) is 16.5 Å². The molecule has 3 N–H and O–H groups in total. The quantitative estimate of drug-likeness (QED) is 0.337. The van der Waals surface area contributed by atoms with E-state index in [1.54, 1.807) is 18.3 Å². The van der Waals surface area contributed by atoms with E-state index in [2.05, 4.69) is 15.0 Å². The highest BCUT2D eigenvalue weighted by molar-refractivity contribution is 5.53. The summed E-state index contributed by atoms with van der Waals surface area (Å²) < 4.78 is 0. The molecule has 0 aliphatic heterocycles. The van der Waals surface area contributed by atoms with E-state index in [1.165, 1.54) is 0 Å². The number of nitrogens with one attached hydrogen (secondary N) is 1. The zero-order chi connectivity index (χ0) is 11.1. The Hall–Kier alpha value is -2.20. The van der Waals surface area contributed by atoms with Crippen molar-refractivity contribution in [2.75, 3.05) is 12.3 Å². The fraction of sp³-hybridized carbons (Fsp3) is 0.222. The number of hydrogen-bond acceptors (Lipinski definition) is 3. The van der Waals surface area contributed by atoms with Crippen molar-refractivity contribution in [2.45, 2.75) is 6.42 Å². The maximum atomic E-state index is 10.9. The van der Waals surface area contributed by atoms with Gasteiger partial charge in [0.2, 0.25) is 0 Å². The Morgan fingerprint density at radius 3 is 3.13 bits per heavy atom. The Morgan fingerprint density at radius 2 is 2.47 bits per heavy atom. The largest absolute Gasteiger partial charge is 0.394 e. The summed E-state index contributed by atoms with van der Waals surface area (Å²) in [6.45, 7) is 0.422. The molecular formula is C9H11N5O. The fourth-order valence-corrected chi connectivity index (χ4v) is 1.01. The second-order valence-electron chi connectivity index (χ2n) is 2.86. The number of H-pyrrole nitrogens is 1. The van der Waals surface area contributed by atoms with Gasteiger partial charge in [-0.05, 0) is 23.6 Å². The van der Waals surface area contributed by atoms with Crippen molar-refractivity contribution in [1.29, 1.82) is 0 Å². The van der Waals surface area contributed by atoms with Gasteiger partial charge in [-0.3, -0.25) is 4.79 Å². The van der Waals surface area contributed by atoms with Crippen molar-refractivity contribution in [3.8, 4) is 0 Å². The molecule has 0 unspecified atom stereocenters. The van der Waals surface area contributed by atoms with Gasteiger partial charge in [-0.25, -0.2) is 0 Å². The Bertz CT molecular complexity index is 456. The van der Waals surface area contributed by atoms with Crippen LogP contribution in [-0.2, 0) is 0 Å². The number of pyridine rings is 1. The Kier molecular flexibility index (Phi) is 4.00. The van der Waals surface area contributed by atoms with Gasteiger partial charge in [0.05, 0.1) is 5.69 Å². The van der Waals surface area contributed by atoms with E-state index >= 15 is 0 Å². The Labute approximate surface area is 86.1 Å². The van der Waals surface area contributed by atoms with Gasteiger partial charge in [-0.1, -0.05) is 17.3 Å². The molecule has 78 valence electrons. The third-order valence-corrected chi connectivity index (χ3v) is 1.72. The van der Waals surface area contributed by atoms with Gasteiger partial charge in [0, 0.05) is 17.7 Å². The summed E-state index contributed by atoms with van der Waals surface area (Å²) in [4.78, 5) is 16.1. The minimum Gasteiger partial charge on any atom is -0.394 e. The van der Waals surface area contributed by atoms with Crippen LogP contribution in [0.4, 0.5) is 5.69 Å². The molecule has 1 aromatic heterocycles. The van der Waals surface area contributed by atoms with Crippen LogP contribution >= 0.6 is 0 Å². The van der Waals surface area contributed by atoms with Crippen molar-refractivity contribution in [1.82, 2.24) is 4.98 Å². The summed E-state index contributed by atoms with van der Waals surface area (Å²) in [5.41, 5.74) is 14.2. The molecule has 0 bridgehead atoms. The number of nitrogens with zero attached hydrogens (tertiary/aromatic N) is 3. The zero-order valence-electron chi connectivity index (χ0n) is 8.05. The van der Waals surface area contributed by atoms with Gasteiger partial charge in [0.25, 0.3) is 5.56 Å².